The molecule has 0 aromatic heterocycles. The van der Waals surface area contributed by atoms with Crippen LogP contribution >= 0.6 is 7.80 Å². The van der Waals surface area contributed by atoms with E-state index in [4.69, 9.17) is 0 Å². The largest absolute Gasteiger partial charge is 0.350 e. The van der Waals surface area contributed by atoms with Gasteiger partial charge in [-0.05, 0) is 47.0 Å². The summed E-state index contributed by atoms with van der Waals surface area (Å²) < 4.78 is 11.9. The van der Waals surface area contributed by atoms with Crippen molar-refractivity contribution in [1.29, 1.82) is 0 Å². The minimum Gasteiger partial charge on any atom is -0.0736 e. The zero-order valence-corrected chi connectivity index (χ0v) is 8.87. The number of hydrogen-bond donors (Lipinski definition) is 0. The van der Waals surface area contributed by atoms with E-state index in [2.05, 4.69) is 27.7 Å². The van der Waals surface area contributed by atoms with E-state index in [0.29, 0.717) is 0 Å². The molecule has 0 aromatic rings. The van der Waals surface area contributed by atoms with E-state index in [1.807, 2.05) is 0 Å². The van der Waals surface area contributed by atoms with Crippen LogP contribution in [0.4, 0.5) is 0 Å². The van der Waals surface area contributed by atoms with Gasteiger partial charge in [-0.2, -0.15) is 0 Å². The Morgan fingerprint density at radius 1 is 1.00 bits per heavy atom. The fourth-order valence-corrected chi connectivity index (χ4v) is 4.34. The molecule has 0 atom stereocenters. The quantitative estimate of drug-likeness (QED) is 0.512. The molecule has 1 aliphatic heterocycles. The molecule has 0 saturated carbocycles. The normalized spacial score (nSPS) is 28.5. The van der Waals surface area contributed by atoms with Gasteiger partial charge in [-0.1, -0.05) is 4.57 Å². The summed E-state index contributed by atoms with van der Waals surface area (Å²) in [6, 6.07) is 0. The van der Waals surface area contributed by atoms with Crippen molar-refractivity contribution in [2.24, 2.45) is 0 Å². The summed E-state index contributed by atoms with van der Waals surface area (Å²) in [5.41, 5.74) is 0. The van der Waals surface area contributed by atoms with E-state index in [9.17, 15) is 4.57 Å². The van der Waals surface area contributed by atoms with Crippen molar-refractivity contribution in [2.45, 2.75) is 57.3 Å². The Hall–Kier alpha value is 0.100. The van der Waals surface area contributed by atoms with Gasteiger partial charge >= 0.3 is 7.80 Å². The van der Waals surface area contributed by atoms with Crippen molar-refractivity contribution in [3.05, 3.63) is 0 Å². The highest BCUT2D eigenvalue weighted by Crippen LogP contribution is 2.57. The average Bonchev–Trinajstić information content (AvgIpc) is 1.82. The van der Waals surface area contributed by atoms with Gasteiger partial charge < -0.3 is 0 Å². The Morgan fingerprint density at radius 2 is 1.36 bits per heavy atom. The van der Waals surface area contributed by atoms with Gasteiger partial charge in [0.15, 0.2) is 10.3 Å². The predicted molar refractivity (Wildman–Crippen MR) is 49.6 cm³/mol. The van der Waals surface area contributed by atoms with Crippen LogP contribution in [-0.2, 0) is 4.57 Å². The summed E-state index contributed by atoms with van der Waals surface area (Å²) in [5.74, 6) is 0. The molecular weight excluding hydrogens is 155 g/mol. The molecule has 1 fully saturated rings. The fourth-order valence-electron chi connectivity index (χ4n) is 1.98. The van der Waals surface area contributed by atoms with Crippen molar-refractivity contribution in [2.75, 3.05) is 0 Å². The third-order valence-corrected chi connectivity index (χ3v) is 5.32. The summed E-state index contributed by atoms with van der Waals surface area (Å²) >= 11 is 0. The lowest BCUT2D eigenvalue weighted by Crippen LogP contribution is -2.31. The molecule has 0 N–H and O–H groups in total. The number of rotatable bonds is 0. The van der Waals surface area contributed by atoms with Crippen LogP contribution in [0.2, 0.25) is 0 Å². The second-order valence-corrected chi connectivity index (χ2v) is 7.78. The molecule has 0 spiro atoms. The van der Waals surface area contributed by atoms with Gasteiger partial charge in [0.2, 0.25) is 0 Å². The first-order valence-corrected chi connectivity index (χ1v) is 5.60. The first-order valence-electron chi connectivity index (χ1n) is 4.34. The van der Waals surface area contributed by atoms with Crippen molar-refractivity contribution in [3.8, 4) is 0 Å². The highest BCUT2D eigenvalue weighted by atomic mass is 31.1. The van der Waals surface area contributed by atoms with Gasteiger partial charge in [-0.25, -0.2) is 0 Å². The summed E-state index contributed by atoms with van der Waals surface area (Å²) in [5, 5.41) is 0.161. The van der Waals surface area contributed by atoms with Gasteiger partial charge in [-0.3, -0.25) is 0 Å². The third kappa shape index (κ3) is 1.64. The molecular formula is C9H18OP+. The Balaban J connectivity index is 2.85. The molecule has 0 unspecified atom stereocenters. The number of hydrogen-bond acceptors (Lipinski definition) is 1. The van der Waals surface area contributed by atoms with E-state index >= 15 is 0 Å². The summed E-state index contributed by atoms with van der Waals surface area (Å²) in [6.45, 7) is 8.53. The smallest absolute Gasteiger partial charge is 0.0736 e. The molecule has 64 valence electrons. The molecule has 0 aromatic carbocycles. The maximum absolute atomic E-state index is 11.9. The minimum absolute atomic E-state index is 0.0804. The molecule has 11 heavy (non-hydrogen) atoms. The molecule has 1 rings (SSSR count). The first kappa shape index (κ1) is 9.19. The standard InChI is InChI=1S/C9H18OP/c1-8(2)6-5-7-9(3,4)11(8)10/h5-7H2,1-4H3/q+1. The van der Waals surface area contributed by atoms with Crippen LogP contribution in [0.1, 0.15) is 47.0 Å². The summed E-state index contributed by atoms with van der Waals surface area (Å²) in [6.07, 6.45) is 3.50. The lowest BCUT2D eigenvalue weighted by atomic mass is 9.98. The van der Waals surface area contributed by atoms with E-state index in [1.54, 1.807) is 0 Å². The zero-order valence-electron chi connectivity index (χ0n) is 7.98. The Kier molecular flexibility index (Phi) is 2.13. The Bertz CT molecular complexity index is 164. The van der Waals surface area contributed by atoms with Crippen molar-refractivity contribution < 1.29 is 4.57 Å². The topological polar surface area (TPSA) is 17.1 Å². The van der Waals surface area contributed by atoms with Crippen LogP contribution in [0, 0.1) is 0 Å². The fraction of sp³-hybridized carbons (Fsp3) is 1.00. The second-order valence-electron chi connectivity index (χ2n) is 4.77. The van der Waals surface area contributed by atoms with Crippen LogP contribution < -0.4 is 0 Å². The van der Waals surface area contributed by atoms with Crippen molar-refractivity contribution >= 4 is 7.80 Å². The van der Waals surface area contributed by atoms with Crippen molar-refractivity contribution in [1.82, 2.24) is 0 Å². The van der Waals surface area contributed by atoms with Gasteiger partial charge in [0, 0.05) is 0 Å². The molecule has 0 bridgehead atoms. The zero-order chi connectivity index (χ0) is 8.70. The van der Waals surface area contributed by atoms with Gasteiger partial charge in [0.05, 0.1) is 0 Å². The van der Waals surface area contributed by atoms with Crippen molar-refractivity contribution in [3.63, 3.8) is 0 Å². The highest BCUT2D eigenvalue weighted by molar-refractivity contribution is 7.48. The molecule has 0 aliphatic carbocycles. The maximum Gasteiger partial charge on any atom is 0.350 e. The average molecular weight is 173 g/mol. The Labute approximate surface area is 70.4 Å². The molecule has 0 radical (unpaired) electrons. The monoisotopic (exact) mass is 173 g/mol. The molecule has 1 aliphatic rings. The van der Waals surface area contributed by atoms with E-state index < -0.39 is 7.80 Å². The van der Waals surface area contributed by atoms with E-state index in [1.165, 1.54) is 6.42 Å². The summed E-state index contributed by atoms with van der Waals surface area (Å²) in [4.78, 5) is 0. The molecule has 1 nitrogen and oxygen atoms in total. The van der Waals surface area contributed by atoms with E-state index in [0.717, 1.165) is 12.8 Å². The molecule has 2 heteroatoms. The van der Waals surface area contributed by atoms with Gasteiger partial charge in [0.1, 0.15) is 0 Å². The molecule has 1 saturated heterocycles. The van der Waals surface area contributed by atoms with Crippen LogP contribution in [0.25, 0.3) is 0 Å². The van der Waals surface area contributed by atoms with Crippen LogP contribution in [-0.4, -0.2) is 10.3 Å². The highest BCUT2D eigenvalue weighted by Gasteiger charge is 2.53. The predicted octanol–water partition coefficient (Wildman–Crippen LogP) is 3.55. The lowest BCUT2D eigenvalue weighted by molar-refractivity contribution is 0.429. The van der Waals surface area contributed by atoms with Crippen LogP contribution in [0.5, 0.6) is 0 Å². The lowest BCUT2D eigenvalue weighted by Gasteiger charge is -2.28. The molecule has 0 amide bonds. The second kappa shape index (κ2) is 2.55. The van der Waals surface area contributed by atoms with Crippen LogP contribution in [0.15, 0.2) is 0 Å². The first-order chi connectivity index (χ1) is 4.86. The Morgan fingerprint density at radius 3 is 1.64 bits per heavy atom. The van der Waals surface area contributed by atoms with Crippen LogP contribution in [0.3, 0.4) is 0 Å². The SMILES string of the molecule is CC1(C)CCCC(C)(C)[P+]1=O. The summed E-state index contributed by atoms with van der Waals surface area (Å²) in [7, 11) is -1.03. The molecule has 1 heterocycles. The third-order valence-electron chi connectivity index (χ3n) is 2.68. The maximum atomic E-state index is 11.9. The minimum atomic E-state index is -1.03. The van der Waals surface area contributed by atoms with E-state index in [-0.39, 0.29) is 10.3 Å². The van der Waals surface area contributed by atoms with Gasteiger partial charge in [-0.15, -0.1) is 0 Å². The van der Waals surface area contributed by atoms with Gasteiger partial charge in [0.25, 0.3) is 0 Å².